The van der Waals surface area contributed by atoms with Crippen LogP contribution in [0.2, 0.25) is 0 Å². The number of ether oxygens (including phenoxy) is 2. The molecule has 2 aromatic heterocycles. The second-order valence-corrected chi connectivity index (χ2v) is 8.52. The highest BCUT2D eigenvalue weighted by Gasteiger charge is 2.48. The molecule has 0 saturated heterocycles. The van der Waals surface area contributed by atoms with Gasteiger partial charge in [0.2, 0.25) is 0 Å². The van der Waals surface area contributed by atoms with Crippen molar-refractivity contribution < 1.29 is 18.7 Å². The van der Waals surface area contributed by atoms with Gasteiger partial charge in [0, 0.05) is 36.9 Å². The first-order valence-corrected chi connectivity index (χ1v) is 9.94. The number of Topliss-reactive ketones (excluding diaryl/α,β-unsaturated/α-hetero) is 1. The Morgan fingerprint density at radius 1 is 1.29 bits per heavy atom. The number of nitrogens with zero attached hydrogens (tertiary/aromatic N) is 4. The molecule has 0 fully saturated rings. The van der Waals surface area contributed by atoms with Crippen molar-refractivity contribution in [2.75, 3.05) is 32.2 Å². The number of likely N-dealkylation sites (N-methyl/N-ethyl adjacent to an activating group) is 1. The predicted molar refractivity (Wildman–Crippen MR) is 112 cm³/mol. The first-order valence-electron chi connectivity index (χ1n) is 9.94. The van der Waals surface area contributed by atoms with Crippen LogP contribution in [0.25, 0.3) is 11.1 Å². The number of carbonyl (C=O) groups is 1. The minimum atomic E-state index is -1.18. The molecule has 0 saturated carbocycles. The lowest BCUT2D eigenvalue weighted by Gasteiger charge is -2.40. The number of nitriles is 1. The molecule has 4 rings (SSSR count). The van der Waals surface area contributed by atoms with Crippen LogP contribution in [0.5, 0.6) is 5.75 Å². The largest absolute Gasteiger partial charge is 0.488 e. The van der Waals surface area contributed by atoms with E-state index in [0.29, 0.717) is 35.0 Å². The number of allylic oxidation sites excluding steroid dienone is 1. The Hall–Kier alpha value is -3.31. The summed E-state index contributed by atoms with van der Waals surface area (Å²) >= 11 is 0. The van der Waals surface area contributed by atoms with Gasteiger partial charge in [-0.1, -0.05) is 13.8 Å². The van der Waals surface area contributed by atoms with Gasteiger partial charge in [-0.3, -0.25) is 9.78 Å². The van der Waals surface area contributed by atoms with Gasteiger partial charge in [0.1, 0.15) is 24.1 Å². The number of carbonyl (C=O) groups excluding carboxylic acids is 1. The maximum atomic E-state index is 14.3. The van der Waals surface area contributed by atoms with Gasteiger partial charge in [0.15, 0.2) is 17.4 Å². The third kappa shape index (κ3) is 3.45. The Balaban J connectivity index is 1.93. The van der Waals surface area contributed by atoms with Crippen molar-refractivity contribution >= 4 is 11.6 Å². The highest BCUT2D eigenvalue weighted by Crippen LogP contribution is 2.47. The average molecular weight is 422 g/mol. The summed E-state index contributed by atoms with van der Waals surface area (Å²) in [6.45, 7) is 4.78. The molecule has 0 spiro atoms. The van der Waals surface area contributed by atoms with Crippen molar-refractivity contribution in [3.05, 3.63) is 47.7 Å². The quantitative estimate of drug-likeness (QED) is 0.749. The fraction of sp³-hybridized carbons (Fsp3) is 0.391. The maximum absolute atomic E-state index is 14.3. The summed E-state index contributed by atoms with van der Waals surface area (Å²) < 4.78 is 25.9. The van der Waals surface area contributed by atoms with Crippen molar-refractivity contribution in [1.29, 1.82) is 5.26 Å². The van der Waals surface area contributed by atoms with Gasteiger partial charge in [-0.2, -0.15) is 5.26 Å². The maximum Gasteiger partial charge on any atom is 0.178 e. The van der Waals surface area contributed by atoms with E-state index >= 15 is 0 Å². The summed E-state index contributed by atoms with van der Waals surface area (Å²) in [5, 5.41) is 9.55. The lowest BCUT2D eigenvalue weighted by Crippen LogP contribution is -2.43. The Bertz CT molecular complexity index is 1140. The monoisotopic (exact) mass is 422 g/mol. The highest BCUT2D eigenvalue weighted by molar-refractivity contribution is 6.04. The molecule has 0 bridgehead atoms. The lowest BCUT2D eigenvalue weighted by atomic mass is 9.68. The van der Waals surface area contributed by atoms with Crippen LogP contribution in [0, 0.1) is 22.6 Å². The third-order valence-electron chi connectivity index (χ3n) is 5.87. The molecule has 160 valence electrons. The van der Waals surface area contributed by atoms with Crippen LogP contribution in [0.4, 0.5) is 10.2 Å². The Morgan fingerprint density at radius 2 is 2.06 bits per heavy atom. The molecule has 1 atom stereocenters. The summed E-state index contributed by atoms with van der Waals surface area (Å²) in [5.41, 5.74) is -0.552. The minimum absolute atomic E-state index is 0.00343. The number of rotatable bonds is 3. The van der Waals surface area contributed by atoms with E-state index in [4.69, 9.17) is 9.47 Å². The van der Waals surface area contributed by atoms with E-state index in [0.717, 1.165) is 12.7 Å². The molecule has 1 aliphatic heterocycles. The van der Waals surface area contributed by atoms with E-state index in [1.54, 1.807) is 26.1 Å². The molecule has 0 amide bonds. The first-order chi connectivity index (χ1) is 14.7. The normalized spacial score (nSPS) is 22.3. The number of fused-ring (bicyclic) bond motifs is 1. The molecule has 0 radical (unpaired) electrons. The summed E-state index contributed by atoms with van der Waals surface area (Å²) in [6.07, 6.45) is 4.50. The molecular weight excluding hydrogens is 399 g/mol. The Kier molecular flexibility index (Phi) is 5.02. The van der Waals surface area contributed by atoms with Crippen LogP contribution < -0.4 is 9.64 Å². The van der Waals surface area contributed by atoms with Gasteiger partial charge >= 0.3 is 0 Å². The summed E-state index contributed by atoms with van der Waals surface area (Å²) in [6, 6.07) is 5.14. The van der Waals surface area contributed by atoms with Crippen molar-refractivity contribution in [3.63, 3.8) is 0 Å². The van der Waals surface area contributed by atoms with Crippen molar-refractivity contribution in [2.45, 2.75) is 25.9 Å². The van der Waals surface area contributed by atoms with Crippen LogP contribution in [0.15, 0.2) is 36.2 Å². The Morgan fingerprint density at radius 3 is 2.77 bits per heavy atom. The van der Waals surface area contributed by atoms with Crippen molar-refractivity contribution in [1.82, 2.24) is 9.97 Å². The van der Waals surface area contributed by atoms with Crippen LogP contribution in [0.1, 0.15) is 26.0 Å². The first kappa shape index (κ1) is 20.9. The number of hydrogen-bond acceptors (Lipinski definition) is 7. The zero-order valence-electron chi connectivity index (χ0n) is 17.9. The van der Waals surface area contributed by atoms with Gasteiger partial charge in [0.05, 0.1) is 24.0 Å². The standard InChI is InChI=1S/C23H23FN4O3/c1-22(2)13-23(30-4,9-15(10-25)20(22)29)19-17(8-16(24)12-26-19)14-7-18-21(27-11-14)28(3)5-6-31-18/h7-9,11-12H,5-6,13H2,1-4H3. The van der Waals surface area contributed by atoms with Gasteiger partial charge in [-0.15, -0.1) is 0 Å². The second kappa shape index (κ2) is 7.43. The molecule has 1 unspecified atom stereocenters. The van der Waals surface area contributed by atoms with Gasteiger partial charge in [-0.25, -0.2) is 9.37 Å². The SMILES string of the molecule is COC1(c2ncc(F)cc2-c2cnc3c(c2)OCCN3C)C=C(C#N)C(=O)C(C)(C)C1. The van der Waals surface area contributed by atoms with Crippen LogP contribution in [0.3, 0.4) is 0 Å². The van der Waals surface area contributed by atoms with E-state index < -0.39 is 16.8 Å². The number of methoxy groups -OCH3 is 1. The number of ketones is 1. The molecule has 2 aromatic rings. The topological polar surface area (TPSA) is 88.3 Å². The molecule has 1 aliphatic carbocycles. The van der Waals surface area contributed by atoms with Crippen LogP contribution >= 0.6 is 0 Å². The van der Waals surface area contributed by atoms with Gasteiger partial charge in [0.25, 0.3) is 0 Å². The molecular formula is C23H23FN4O3. The summed E-state index contributed by atoms with van der Waals surface area (Å²) in [4.78, 5) is 23.5. The van der Waals surface area contributed by atoms with Crippen LogP contribution in [-0.2, 0) is 15.1 Å². The van der Waals surface area contributed by atoms with Crippen molar-refractivity contribution in [2.24, 2.45) is 5.41 Å². The second-order valence-electron chi connectivity index (χ2n) is 8.52. The summed E-state index contributed by atoms with van der Waals surface area (Å²) in [5.74, 6) is 0.536. The van der Waals surface area contributed by atoms with E-state index in [-0.39, 0.29) is 17.8 Å². The van der Waals surface area contributed by atoms with Gasteiger partial charge in [-0.05, 0) is 24.6 Å². The number of aromatic nitrogens is 2. The van der Waals surface area contributed by atoms with Crippen molar-refractivity contribution in [3.8, 4) is 22.9 Å². The van der Waals surface area contributed by atoms with Crippen LogP contribution in [-0.4, -0.2) is 43.1 Å². The molecule has 2 aliphatic rings. The van der Waals surface area contributed by atoms with E-state index in [2.05, 4.69) is 9.97 Å². The lowest BCUT2D eigenvalue weighted by molar-refractivity contribution is -0.128. The number of anilines is 1. The smallest absolute Gasteiger partial charge is 0.178 e. The minimum Gasteiger partial charge on any atom is -0.488 e. The molecule has 3 heterocycles. The fourth-order valence-corrected chi connectivity index (χ4v) is 4.29. The molecule has 7 nitrogen and oxygen atoms in total. The molecule has 0 N–H and O–H groups in total. The third-order valence-corrected chi connectivity index (χ3v) is 5.87. The van der Waals surface area contributed by atoms with Gasteiger partial charge < -0.3 is 14.4 Å². The number of hydrogen-bond donors (Lipinski definition) is 0. The summed E-state index contributed by atoms with van der Waals surface area (Å²) in [7, 11) is 3.42. The number of halogens is 1. The zero-order chi connectivity index (χ0) is 22.4. The Labute approximate surface area is 180 Å². The molecule has 8 heteroatoms. The molecule has 0 aromatic carbocycles. The van der Waals surface area contributed by atoms with E-state index in [1.807, 2.05) is 18.0 Å². The fourth-order valence-electron chi connectivity index (χ4n) is 4.29. The zero-order valence-corrected chi connectivity index (χ0v) is 17.9. The average Bonchev–Trinajstić information content (AvgIpc) is 2.75. The predicted octanol–water partition coefficient (Wildman–Crippen LogP) is 3.40. The number of pyridine rings is 2. The highest BCUT2D eigenvalue weighted by atomic mass is 19.1. The van der Waals surface area contributed by atoms with E-state index in [9.17, 15) is 14.4 Å². The molecule has 31 heavy (non-hydrogen) atoms. The van der Waals surface area contributed by atoms with E-state index in [1.165, 1.54) is 19.3 Å².